The third kappa shape index (κ3) is 2.99. The van der Waals surface area contributed by atoms with Gasteiger partial charge in [0.25, 0.3) is 0 Å². The Morgan fingerprint density at radius 1 is 1.29 bits per heavy atom. The van der Waals surface area contributed by atoms with E-state index in [1.54, 1.807) is 36.6 Å². The lowest BCUT2D eigenvalue weighted by Crippen LogP contribution is -2.09. The molecule has 0 spiro atoms. The largest absolute Gasteiger partial charge is 0.507 e. The highest BCUT2D eigenvalue weighted by atomic mass is 35.5. The summed E-state index contributed by atoms with van der Waals surface area (Å²) in [6, 6.07) is 5.36. The van der Waals surface area contributed by atoms with Crippen LogP contribution in [-0.2, 0) is 0 Å². The molecule has 2 heterocycles. The number of hydrogen-bond donors (Lipinski definition) is 2. The van der Waals surface area contributed by atoms with Crippen LogP contribution in [0.4, 0.5) is 5.13 Å². The van der Waals surface area contributed by atoms with Gasteiger partial charge in [-0.2, -0.15) is 0 Å². The summed E-state index contributed by atoms with van der Waals surface area (Å²) in [5.74, 6) is 0.635. The van der Waals surface area contributed by atoms with Gasteiger partial charge in [-0.15, -0.1) is 11.3 Å². The molecular formula is C17H18ClN3O2S. The Hall–Kier alpha value is -2.05. The van der Waals surface area contributed by atoms with Crippen LogP contribution < -0.4 is 10.1 Å². The first kappa shape index (κ1) is 16.8. The number of aromatic hydroxyl groups is 1. The van der Waals surface area contributed by atoms with Gasteiger partial charge in [0.2, 0.25) is 0 Å². The van der Waals surface area contributed by atoms with Gasteiger partial charge in [0.05, 0.1) is 18.3 Å². The quantitative estimate of drug-likeness (QED) is 0.693. The number of aromatic nitrogens is 2. The van der Waals surface area contributed by atoms with Crippen molar-refractivity contribution >= 4 is 39.0 Å². The summed E-state index contributed by atoms with van der Waals surface area (Å²) in [4.78, 5) is 10.2. The molecule has 0 amide bonds. The third-order valence-corrected chi connectivity index (χ3v) is 4.80. The Kier molecular flexibility index (Phi) is 4.51. The van der Waals surface area contributed by atoms with Crippen LogP contribution >= 0.6 is 22.9 Å². The summed E-state index contributed by atoms with van der Waals surface area (Å²) in [5, 5.41) is 15.4. The first-order chi connectivity index (χ1) is 11.4. The monoisotopic (exact) mass is 363 g/mol. The second kappa shape index (κ2) is 6.45. The first-order valence-electron chi connectivity index (χ1n) is 7.51. The summed E-state index contributed by atoms with van der Waals surface area (Å²) in [7, 11) is 1.55. The van der Waals surface area contributed by atoms with Crippen molar-refractivity contribution in [3.8, 4) is 22.9 Å². The second-order valence-electron chi connectivity index (χ2n) is 5.73. The van der Waals surface area contributed by atoms with Gasteiger partial charge in [0.1, 0.15) is 22.2 Å². The van der Waals surface area contributed by atoms with E-state index in [2.05, 4.69) is 29.1 Å². The zero-order valence-electron chi connectivity index (χ0n) is 13.8. The number of halogens is 1. The van der Waals surface area contributed by atoms with Gasteiger partial charge < -0.3 is 15.2 Å². The smallest absolute Gasteiger partial charge is 0.183 e. The first-order valence-corrected chi connectivity index (χ1v) is 8.70. The van der Waals surface area contributed by atoms with E-state index in [1.807, 2.05) is 6.92 Å². The third-order valence-electron chi connectivity index (χ3n) is 3.53. The maximum absolute atomic E-state index is 10.4. The number of aryl methyl sites for hydroxylation is 1. The van der Waals surface area contributed by atoms with E-state index >= 15 is 0 Å². The normalized spacial score (nSPS) is 11.2. The van der Waals surface area contributed by atoms with Crippen LogP contribution in [0.1, 0.15) is 18.7 Å². The van der Waals surface area contributed by atoms with E-state index < -0.39 is 0 Å². The summed E-state index contributed by atoms with van der Waals surface area (Å²) in [5.41, 5.74) is 1.82. The van der Waals surface area contributed by atoms with Crippen molar-refractivity contribution in [2.24, 2.45) is 0 Å². The number of nitrogens with one attached hydrogen (secondary N) is 1. The van der Waals surface area contributed by atoms with E-state index in [4.69, 9.17) is 16.3 Å². The van der Waals surface area contributed by atoms with Crippen LogP contribution in [0.5, 0.6) is 11.5 Å². The Labute approximate surface area is 149 Å². The number of pyridine rings is 1. The number of thiazole rings is 1. The summed E-state index contributed by atoms with van der Waals surface area (Å²) >= 11 is 7.92. The molecule has 3 rings (SSSR count). The van der Waals surface area contributed by atoms with E-state index in [9.17, 15) is 5.11 Å². The van der Waals surface area contributed by atoms with E-state index in [0.717, 1.165) is 15.7 Å². The maximum atomic E-state index is 10.4. The number of benzene rings is 1. The number of hydrogen-bond acceptors (Lipinski definition) is 6. The molecule has 5 nitrogen and oxygen atoms in total. The molecule has 0 aliphatic rings. The van der Waals surface area contributed by atoms with Gasteiger partial charge >= 0.3 is 0 Å². The number of anilines is 1. The molecule has 0 unspecified atom stereocenters. The van der Waals surface area contributed by atoms with Crippen LogP contribution in [0.25, 0.3) is 22.3 Å². The fraction of sp³-hybridized carbons (Fsp3) is 0.294. The molecule has 3 aromatic rings. The lowest BCUT2D eigenvalue weighted by atomic mass is 10.1. The molecule has 0 radical (unpaired) electrons. The van der Waals surface area contributed by atoms with Crippen LogP contribution in [0, 0.1) is 6.92 Å². The van der Waals surface area contributed by atoms with Gasteiger partial charge in [-0.25, -0.2) is 9.97 Å². The van der Waals surface area contributed by atoms with Crippen molar-refractivity contribution in [1.82, 2.24) is 9.97 Å². The van der Waals surface area contributed by atoms with E-state index in [-0.39, 0.29) is 5.75 Å². The highest BCUT2D eigenvalue weighted by molar-refractivity contribution is 7.16. The molecule has 0 aliphatic carbocycles. The minimum atomic E-state index is 0.116. The number of fused-ring (bicyclic) bond motifs is 1. The molecule has 2 aromatic heterocycles. The zero-order chi connectivity index (χ0) is 17.4. The lowest BCUT2D eigenvalue weighted by molar-refractivity contribution is 0.415. The molecule has 0 atom stereocenters. The molecule has 24 heavy (non-hydrogen) atoms. The molecule has 0 saturated heterocycles. The number of methoxy groups -OCH3 is 1. The standard InChI is InChI=1S/C17H18ClN3O2S/c1-8(2)19-17-21-15(9(3)24-17)11-7-12(22)10-5-6-13(23-4)14(18)16(10)20-11/h5-8H,1-4H3,(H,19,21)(H,20,22). The van der Waals surface area contributed by atoms with Gasteiger partial charge in [0.15, 0.2) is 5.13 Å². The molecule has 1 aromatic carbocycles. The summed E-state index contributed by atoms with van der Waals surface area (Å²) in [6.45, 7) is 6.10. The van der Waals surface area contributed by atoms with Crippen molar-refractivity contribution in [2.75, 3.05) is 12.4 Å². The van der Waals surface area contributed by atoms with Gasteiger partial charge in [-0.05, 0) is 32.9 Å². The average molecular weight is 364 g/mol. The Balaban J connectivity index is 2.17. The fourth-order valence-corrected chi connectivity index (χ4v) is 3.70. The zero-order valence-corrected chi connectivity index (χ0v) is 15.4. The molecule has 2 N–H and O–H groups in total. The van der Waals surface area contributed by atoms with Crippen LogP contribution in [0.2, 0.25) is 5.02 Å². The predicted molar refractivity (Wildman–Crippen MR) is 99.6 cm³/mol. The van der Waals surface area contributed by atoms with Crippen molar-refractivity contribution < 1.29 is 9.84 Å². The Morgan fingerprint density at radius 3 is 2.71 bits per heavy atom. The summed E-state index contributed by atoms with van der Waals surface area (Å²) < 4.78 is 5.23. The molecule has 126 valence electrons. The minimum Gasteiger partial charge on any atom is -0.507 e. The van der Waals surface area contributed by atoms with Gasteiger partial charge in [0, 0.05) is 22.4 Å². The Bertz CT molecular complexity index is 908. The molecule has 0 saturated carbocycles. The average Bonchev–Trinajstić information content (AvgIpc) is 2.88. The molecule has 7 heteroatoms. The molecule has 0 aliphatic heterocycles. The number of ether oxygens (including phenoxy) is 1. The van der Waals surface area contributed by atoms with Crippen LogP contribution in [0.3, 0.4) is 0 Å². The number of rotatable bonds is 4. The van der Waals surface area contributed by atoms with Crippen molar-refractivity contribution in [1.29, 1.82) is 0 Å². The van der Waals surface area contributed by atoms with Crippen molar-refractivity contribution in [3.63, 3.8) is 0 Å². The SMILES string of the molecule is COc1ccc2c(O)cc(-c3nc(NC(C)C)sc3C)nc2c1Cl. The summed E-state index contributed by atoms with van der Waals surface area (Å²) in [6.07, 6.45) is 0. The Morgan fingerprint density at radius 2 is 2.04 bits per heavy atom. The van der Waals surface area contributed by atoms with Crippen LogP contribution in [-0.4, -0.2) is 28.2 Å². The molecular weight excluding hydrogens is 346 g/mol. The van der Waals surface area contributed by atoms with Crippen molar-refractivity contribution in [3.05, 3.63) is 28.1 Å². The number of nitrogens with zero attached hydrogens (tertiary/aromatic N) is 2. The fourth-order valence-electron chi connectivity index (χ4n) is 2.44. The topological polar surface area (TPSA) is 67.3 Å². The highest BCUT2D eigenvalue weighted by Gasteiger charge is 2.17. The minimum absolute atomic E-state index is 0.116. The predicted octanol–water partition coefficient (Wildman–Crippen LogP) is 4.85. The highest BCUT2D eigenvalue weighted by Crippen LogP contribution is 2.38. The molecule has 0 fully saturated rings. The van der Waals surface area contributed by atoms with Gasteiger partial charge in [-0.1, -0.05) is 11.6 Å². The second-order valence-corrected chi connectivity index (χ2v) is 7.31. The molecule has 0 bridgehead atoms. The van der Waals surface area contributed by atoms with E-state index in [1.165, 1.54) is 0 Å². The lowest BCUT2D eigenvalue weighted by Gasteiger charge is -2.09. The van der Waals surface area contributed by atoms with E-state index in [0.29, 0.717) is 33.4 Å². The maximum Gasteiger partial charge on any atom is 0.183 e. The van der Waals surface area contributed by atoms with Crippen LogP contribution in [0.15, 0.2) is 18.2 Å². The van der Waals surface area contributed by atoms with Gasteiger partial charge in [-0.3, -0.25) is 0 Å². The van der Waals surface area contributed by atoms with Crippen molar-refractivity contribution in [2.45, 2.75) is 26.8 Å².